The second-order valence-corrected chi connectivity index (χ2v) is 4.58. The fourth-order valence-corrected chi connectivity index (χ4v) is 2.20. The molecule has 0 saturated heterocycles. The van der Waals surface area contributed by atoms with Gasteiger partial charge in [0, 0.05) is 22.0 Å². The number of Topliss-reactive ketones (excluding diaryl/α,β-unsaturated/α-hetero) is 1. The summed E-state index contributed by atoms with van der Waals surface area (Å²) in [5.41, 5.74) is 0.430. The third-order valence-electron chi connectivity index (χ3n) is 2.52. The molecule has 0 bridgehead atoms. The first kappa shape index (κ1) is 14.0. The highest BCUT2D eigenvalue weighted by atomic mass is 35.5. The number of hydrogen-bond donors (Lipinski definition) is 0. The number of benzene rings is 1. The Labute approximate surface area is 111 Å². The van der Waals surface area contributed by atoms with Gasteiger partial charge in [0.2, 0.25) is 0 Å². The number of unbranched alkanes of at least 4 members (excludes halogenated alkanes) is 1. The van der Waals surface area contributed by atoms with Crippen LogP contribution in [0.25, 0.3) is 0 Å². The van der Waals surface area contributed by atoms with Crippen LogP contribution in [0.5, 0.6) is 0 Å². The van der Waals surface area contributed by atoms with Gasteiger partial charge in [-0.1, -0.05) is 42.6 Å². The van der Waals surface area contributed by atoms with E-state index in [9.17, 15) is 4.79 Å². The van der Waals surface area contributed by atoms with E-state index in [1.807, 2.05) is 13.0 Å². The van der Waals surface area contributed by atoms with Crippen molar-refractivity contribution in [3.05, 3.63) is 33.8 Å². The van der Waals surface area contributed by atoms with Crippen LogP contribution in [-0.4, -0.2) is 5.78 Å². The Morgan fingerprint density at radius 1 is 1.41 bits per heavy atom. The maximum Gasteiger partial charge on any atom is 0.154 e. The molecule has 1 aromatic rings. The molecule has 1 rings (SSSR count). The summed E-state index contributed by atoms with van der Waals surface area (Å²) in [4.78, 5) is 11.9. The molecule has 0 radical (unpaired) electrons. The Balaban J connectivity index is 3.03. The molecule has 1 atom stereocenters. The molecular formula is C13H13Cl2NO. The monoisotopic (exact) mass is 269 g/mol. The third-order valence-corrected chi connectivity index (χ3v) is 3.18. The van der Waals surface area contributed by atoms with Crippen LogP contribution in [0, 0.1) is 11.3 Å². The van der Waals surface area contributed by atoms with Gasteiger partial charge in [-0.2, -0.15) is 5.26 Å². The van der Waals surface area contributed by atoms with E-state index in [1.54, 1.807) is 18.2 Å². The second kappa shape index (κ2) is 6.64. The van der Waals surface area contributed by atoms with Crippen LogP contribution >= 0.6 is 23.2 Å². The highest BCUT2D eigenvalue weighted by molar-refractivity contribution is 6.36. The average Bonchev–Trinajstić information content (AvgIpc) is 2.31. The molecule has 2 nitrogen and oxygen atoms in total. The van der Waals surface area contributed by atoms with E-state index in [2.05, 4.69) is 0 Å². The molecule has 0 saturated carbocycles. The minimum absolute atomic E-state index is 0.121. The van der Waals surface area contributed by atoms with Gasteiger partial charge in [-0.15, -0.1) is 0 Å². The number of rotatable bonds is 5. The maximum absolute atomic E-state index is 11.9. The Morgan fingerprint density at radius 3 is 2.47 bits per heavy atom. The van der Waals surface area contributed by atoms with Crippen molar-refractivity contribution in [1.29, 1.82) is 5.26 Å². The minimum atomic E-state index is -0.859. The highest BCUT2D eigenvalue weighted by Crippen LogP contribution is 2.32. The van der Waals surface area contributed by atoms with Crippen LogP contribution < -0.4 is 0 Å². The number of nitrogens with zero attached hydrogens (tertiary/aromatic N) is 1. The SMILES string of the molecule is CCCCC(=O)C(C#N)c1c(Cl)cccc1Cl. The number of carbonyl (C=O) groups is 1. The summed E-state index contributed by atoms with van der Waals surface area (Å²) in [6, 6.07) is 6.96. The molecule has 0 aliphatic heterocycles. The Bertz CT molecular complexity index is 431. The lowest BCUT2D eigenvalue weighted by molar-refractivity contribution is -0.119. The van der Waals surface area contributed by atoms with E-state index >= 15 is 0 Å². The summed E-state index contributed by atoms with van der Waals surface area (Å²) >= 11 is 12.0. The Kier molecular flexibility index (Phi) is 5.47. The molecule has 0 aliphatic rings. The van der Waals surface area contributed by atoms with Crippen LogP contribution in [0.1, 0.15) is 37.7 Å². The molecule has 1 aromatic carbocycles. The summed E-state index contributed by atoms with van der Waals surface area (Å²) in [6.45, 7) is 2.00. The molecular weight excluding hydrogens is 257 g/mol. The van der Waals surface area contributed by atoms with Crippen LogP contribution in [0.15, 0.2) is 18.2 Å². The first-order valence-corrected chi connectivity index (χ1v) is 6.23. The first-order chi connectivity index (χ1) is 8.11. The molecule has 0 aromatic heterocycles. The smallest absolute Gasteiger partial charge is 0.154 e. The first-order valence-electron chi connectivity index (χ1n) is 5.48. The van der Waals surface area contributed by atoms with Gasteiger partial charge >= 0.3 is 0 Å². The summed E-state index contributed by atoms with van der Waals surface area (Å²) < 4.78 is 0. The van der Waals surface area contributed by atoms with Crippen molar-refractivity contribution in [3.63, 3.8) is 0 Å². The van der Waals surface area contributed by atoms with Crippen LogP contribution in [0.3, 0.4) is 0 Å². The summed E-state index contributed by atoms with van der Waals surface area (Å²) in [5, 5.41) is 9.85. The zero-order valence-corrected chi connectivity index (χ0v) is 11.1. The third kappa shape index (κ3) is 3.46. The Morgan fingerprint density at radius 2 is 2.00 bits per heavy atom. The van der Waals surface area contributed by atoms with Gasteiger partial charge in [0.05, 0.1) is 6.07 Å². The van der Waals surface area contributed by atoms with Crippen molar-refractivity contribution in [2.75, 3.05) is 0 Å². The molecule has 4 heteroatoms. The lowest BCUT2D eigenvalue weighted by atomic mass is 9.93. The summed E-state index contributed by atoms with van der Waals surface area (Å²) in [7, 11) is 0. The van der Waals surface area contributed by atoms with E-state index < -0.39 is 5.92 Å². The van der Waals surface area contributed by atoms with Gasteiger partial charge in [-0.25, -0.2) is 0 Å². The Hall–Kier alpha value is -1.04. The molecule has 0 fully saturated rings. The van der Waals surface area contributed by atoms with Crippen molar-refractivity contribution < 1.29 is 4.79 Å². The summed E-state index contributed by atoms with van der Waals surface area (Å²) in [6.07, 6.45) is 2.08. The fraction of sp³-hybridized carbons (Fsp3) is 0.385. The zero-order chi connectivity index (χ0) is 12.8. The number of ketones is 1. The molecule has 1 unspecified atom stereocenters. The number of carbonyl (C=O) groups excluding carboxylic acids is 1. The summed E-state index contributed by atoms with van der Waals surface area (Å²) in [5.74, 6) is -0.980. The molecule has 0 N–H and O–H groups in total. The maximum atomic E-state index is 11.9. The number of halogens is 2. The molecule has 0 spiro atoms. The minimum Gasteiger partial charge on any atom is -0.298 e. The number of hydrogen-bond acceptors (Lipinski definition) is 2. The van der Waals surface area contributed by atoms with Crippen molar-refractivity contribution in [1.82, 2.24) is 0 Å². The normalized spacial score (nSPS) is 11.9. The average molecular weight is 270 g/mol. The van der Waals surface area contributed by atoms with Crippen LogP contribution in [0.4, 0.5) is 0 Å². The van der Waals surface area contributed by atoms with Gasteiger partial charge in [0.15, 0.2) is 5.78 Å². The molecule has 90 valence electrons. The molecule has 0 heterocycles. The fourth-order valence-electron chi connectivity index (χ4n) is 1.58. The van der Waals surface area contributed by atoms with Crippen LogP contribution in [0.2, 0.25) is 10.0 Å². The lowest BCUT2D eigenvalue weighted by Gasteiger charge is -2.11. The van der Waals surface area contributed by atoms with E-state index in [-0.39, 0.29) is 5.78 Å². The van der Waals surface area contributed by atoms with E-state index in [0.717, 1.165) is 12.8 Å². The highest BCUT2D eigenvalue weighted by Gasteiger charge is 2.24. The van der Waals surface area contributed by atoms with Gasteiger partial charge in [0.1, 0.15) is 5.92 Å². The van der Waals surface area contributed by atoms with E-state index in [1.165, 1.54) is 0 Å². The van der Waals surface area contributed by atoms with Gasteiger partial charge in [-0.3, -0.25) is 4.79 Å². The zero-order valence-electron chi connectivity index (χ0n) is 9.54. The molecule has 0 aliphatic carbocycles. The van der Waals surface area contributed by atoms with Crippen molar-refractivity contribution in [2.24, 2.45) is 0 Å². The van der Waals surface area contributed by atoms with Crippen molar-refractivity contribution in [3.8, 4) is 6.07 Å². The van der Waals surface area contributed by atoms with E-state index in [0.29, 0.717) is 22.0 Å². The predicted molar refractivity (Wildman–Crippen MR) is 69.3 cm³/mol. The van der Waals surface area contributed by atoms with Gasteiger partial charge < -0.3 is 0 Å². The molecule has 17 heavy (non-hydrogen) atoms. The largest absolute Gasteiger partial charge is 0.298 e. The standard InChI is InChI=1S/C13H13Cl2NO/c1-2-3-7-12(17)9(8-16)13-10(14)5-4-6-11(13)15/h4-6,9H,2-3,7H2,1H3. The molecule has 0 amide bonds. The van der Waals surface area contributed by atoms with Gasteiger partial charge in [0.25, 0.3) is 0 Å². The van der Waals surface area contributed by atoms with Crippen molar-refractivity contribution in [2.45, 2.75) is 32.1 Å². The van der Waals surface area contributed by atoms with Crippen molar-refractivity contribution >= 4 is 29.0 Å². The lowest BCUT2D eigenvalue weighted by Crippen LogP contribution is -2.11. The number of nitriles is 1. The second-order valence-electron chi connectivity index (χ2n) is 3.77. The van der Waals surface area contributed by atoms with E-state index in [4.69, 9.17) is 28.5 Å². The van der Waals surface area contributed by atoms with Crippen LogP contribution in [-0.2, 0) is 4.79 Å². The predicted octanol–water partition coefficient (Wildman–Crippen LogP) is 4.36. The topological polar surface area (TPSA) is 40.9 Å². The quantitative estimate of drug-likeness (QED) is 0.797. The van der Waals surface area contributed by atoms with Gasteiger partial charge in [-0.05, 0) is 18.6 Å².